The number of hydrogen-bond acceptors (Lipinski definition) is 4. The second kappa shape index (κ2) is 5.73. The van der Waals surface area contributed by atoms with Crippen LogP contribution >= 0.6 is 24.2 Å². The molecule has 4 nitrogen and oxygen atoms in total. The number of benzene rings is 1. The molecule has 0 radical (unpaired) electrons. The Bertz CT molecular complexity index is 689. The SMILES string of the molecule is Cc1ccc(-c2cc(N)c(Cl)c(C(=O)O)n2)cc1CS. The molecule has 0 unspecified atom stereocenters. The molecule has 1 aromatic carbocycles. The highest BCUT2D eigenvalue weighted by Crippen LogP contribution is 2.29. The highest BCUT2D eigenvalue weighted by molar-refractivity contribution is 7.79. The zero-order valence-electron chi connectivity index (χ0n) is 10.7. The zero-order valence-corrected chi connectivity index (χ0v) is 12.4. The summed E-state index contributed by atoms with van der Waals surface area (Å²) in [5.41, 5.74) is 9.13. The molecule has 0 bridgehead atoms. The molecular weight excluding hydrogens is 296 g/mol. The van der Waals surface area contributed by atoms with Crippen LogP contribution in [-0.4, -0.2) is 16.1 Å². The summed E-state index contributed by atoms with van der Waals surface area (Å²) in [4.78, 5) is 15.2. The maximum atomic E-state index is 11.1. The van der Waals surface area contributed by atoms with E-state index in [9.17, 15) is 4.79 Å². The molecule has 0 saturated carbocycles. The minimum Gasteiger partial charge on any atom is -0.476 e. The Morgan fingerprint density at radius 1 is 1.45 bits per heavy atom. The number of nitrogen functional groups attached to an aromatic ring is 1. The van der Waals surface area contributed by atoms with Crippen molar-refractivity contribution >= 4 is 35.9 Å². The summed E-state index contributed by atoms with van der Waals surface area (Å²) < 4.78 is 0. The van der Waals surface area contributed by atoms with Gasteiger partial charge in [-0.15, -0.1) is 0 Å². The van der Waals surface area contributed by atoms with Gasteiger partial charge >= 0.3 is 5.97 Å². The molecule has 0 atom stereocenters. The van der Waals surface area contributed by atoms with Gasteiger partial charge in [0.25, 0.3) is 0 Å². The van der Waals surface area contributed by atoms with Crippen LogP contribution in [0, 0.1) is 6.92 Å². The molecule has 0 aliphatic carbocycles. The second-order valence-electron chi connectivity index (χ2n) is 4.36. The third kappa shape index (κ3) is 2.73. The number of carbonyl (C=O) groups is 1. The quantitative estimate of drug-likeness (QED) is 0.759. The lowest BCUT2D eigenvalue weighted by molar-refractivity contribution is 0.0691. The number of hydrogen-bond donors (Lipinski definition) is 3. The van der Waals surface area contributed by atoms with Gasteiger partial charge in [0, 0.05) is 11.3 Å². The van der Waals surface area contributed by atoms with Crippen molar-refractivity contribution in [2.24, 2.45) is 0 Å². The number of anilines is 1. The van der Waals surface area contributed by atoms with Crippen LogP contribution in [-0.2, 0) is 5.75 Å². The Morgan fingerprint density at radius 3 is 2.75 bits per heavy atom. The van der Waals surface area contributed by atoms with Crippen LogP contribution < -0.4 is 5.73 Å². The average molecular weight is 309 g/mol. The van der Waals surface area contributed by atoms with Gasteiger partial charge in [-0.2, -0.15) is 12.6 Å². The van der Waals surface area contributed by atoms with Gasteiger partial charge in [-0.3, -0.25) is 0 Å². The molecular formula is C14H13ClN2O2S. The molecule has 0 saturated heterocycles. The molecule has 3 N–H and O–H groups in total. The normalized spacial score (nSPS) is 10.6. The van der Waals surface area contributed by atoms with E-state index in [2.05, 4.69) is 17.6 Å². The molecule has 104 valence electrons. The van der Waals surface area contributed by atoms with Crippen molar-refractivity contribution in [2.45, 2.75) is 12.7 Å². The van der Waals surface area contributed by atoms with E-state index in [0.717, 1.165) is 16.7 Å². The molecule has 0 aliphatic heterocycles. The van der Waals surface area contributed by atoms with Crippen molar-refractivity contribution in [3.63, 3.8) is 0 Å². The minimum atomic E-state index is -1.20. The Labute approximate surface area is 127 Å². The van der Waals surface area contributed by atoms with E-state index in [0.29, 0.717) is 11.4 Å². The molecule has 0 spiro atoms. The number of carboxylic acid groups (broad SMARTS) is 1. The fourth-order valence-corrected chi connectivity index (χ4v) is 2.36. The number of carboxylic acids is 1. The highest BCUT2D eigenvalue weighted by Gasteiger charge is 2.16. The maximum Gasteiger partial charge on any atom is 0.356 e. The number of nitrogens with zero attached hydrogens (tertiary/aromatic N) is 1. The molecule has 2 aromatic rings. The van der Waals surface area contributed by atoms with Crippen LogP contribution in [0.1, 0.15) is 21.6 Å². The van der Waals surface area contributed by atoms with Crippen molar-refractivity contribution in [2.75, 3.05) is 5.73 Å². The summed E-state index contributed by atoms with van der Waals surface area (Å²) >= 11 is 10.1. The van der Waals surface area contributed by atoms with E-state index >= 15 is 0 Å². The van der Waals surface area contributed by atoms with Gasteiger partial charge in [0.1, 0.15) is 0 Å². The monoisotopic (exact) mass is 308 g/mol. The number of rotatable bonds is 3. The third-order valence-electron chi connectivity index (χ3n) is 3.00. The third-order valence-corrected chi connectivity index (χ3v) is 3.74. The minimum absolute atomic E-state index is 0.0391. The van der Waals surface area contributed by atoms with Gasteiger partial charge in [-0.1, -0.05) is 23.7 Å². The lowest BCUT2D eigenvalue weighted by Gasteiger charge is -2.09. The zero-order chi connectivity index (χ0) is 14.9. The van der Waals surface area contributed by atoms with E-state index < -0.39 is 5.97 Å². The number of aromatic nitrogens is 1. The number of halogens is 1. The lowest BCUT2D eigenvalue weighted by atomic mass is 10.0. The predicted octanol–water partition coefficient (Wildman–Crippen LogP) is 3.42. The standard InChI is InChI=1S/C14H13ClN2O2S/c1-7-2-3-8(4-9(7)6-20)11-5-10(16)12(15)13(17-11)14(18)19/h2-5,20H,6H2,1H3,(H2,16,17)(H,18,19). The molecule has 20 heavy (non-hydrogen) atoms. The van der Waals surface area contributed by atoms with E-state index in [1.54, 1.807) is 6.07 Å². The van der Waals surface area contributed by atoms with Gasteiger partial charge in [-0.05, 0) is 30.2 Å². The number of pyridine rings is 1. The molecule has 1 aromatic heterocycles. The summed E-state index contributed by atoms with van der Waals surface area (Å²) in [7, 11) is 0. The maximum absolute atomic E-state index is 11.1. The number of thiol groups is 1. The topological polar surface area (TPSA) is 76.2 Å². The first kappa shape index (κ1) is 14.7. The largest absolute Gasteiger partial charge is 0.476 e. The average Bonchev–Trinajstić information content (AvgIpc) is 2.42. The molecule has 1 heterocycles. The summed E-state index contributed by atoms with van der Waals surface area (Å²) in [6.07, 6.45) is 0. The van der Waals surface area contributed by atoms with Crippen LogP contribution in [0.2, 0.25) is 5.02 Å². The Balaban J connectivity index is 2.61. The van der Waals surface area contributed by atoms with Crippen molar-refractivity contribution in [3.05, 3.63) is 46.1 Å². The van der Waals surface area contributed by atoms with E-state index in [1.165, 1.54) is 0 Å². The number of aryl methyl sites for hydroxylation is 1. The molecule has 0 aliphatic rings. The van der Waals surface area contributed by atoms with Crippen LogP contribution in [0.4, 0.5) is 5.69 Å². The number of aromatic carboxylic acids is 1. The van der Waals surface area contributed by atoms with Crippen LogP contribution in [0.25, 0.3) is 11.3 Å². The van der Waals surface area contributed by atoms with Gasteiger partial charge in [0.15, 0.2) is 5.69 Å². The first-order valence-electron chi connectivity index (χ1n) is 5.84. The number of nitrogens with two attached hydrogens (primary N) is 1. The van der Waals surface area contributed by atoms with Crippen molar-refractivity contribution < 1.29 is 9.90 Å². The van der Waals surface area contributed by atoms with Crippen molar-refractivity contribution in [3.8, 4) is 11.3 Å². The van der Waals surface area contributed by atoms with Gasteiger partial charge in [-0.25, -0.2) is 9.78 Å². The highest BCUT2D eigenvalue weighted by atomic mass is 35.5. The Hall–Kier alpha value is -1.72. The van der Waals surface area contributed by atoms with Gasteiger partial charge in [0.2, 0.25) is 0 Å². The molecule has 0 amide bonds. The van der Waals surface area contributed by atoms with E-state index in [1.807, 2.05) is 25.1 Å². The summed E-state index contributed by atoms with van der Waals surface area (Å²) in [5, 5.41) is 9.05. The first-order chi connectivity index (χ1) is 9.43. The smallest absolute Gasteiger partial charge is 0.356 e. The summed E-state index contributed by atoms with van der Waals surface area (Å²) in [6, 6.07) is 7.29. The van der Waals surface area contributed by atoms with Crippen LogP contribution in [0.5, 0.6) is 0 Å². The Morgan fingerprint density at radius 2 is 2.15 bits per heavy atom. The van der Waals surface area contributed by atoms with Crippen LogP contribution in [0.3, 0.4) is 0 Å². The first-order valence-corrected chi connectivity index (χ1v) is 6.85. The predicted molar refractivity (Wildman–Crippen MR) is 83.5 cm³/mol. The fourth-order valence-electron chi connectivity index (χ4n) is 1.84. The Kier molecular flexibility index (Phi) is 4.20. The van der Waals surface area contributed by atoms with Crippen LogP contribution in [0.15, 0.2) is 24.3 Å². The van der Waals surface area contributed by atoms with E-state index in [4.69, 9.17) is 22.4 Å². The molecule has 2 rings (SSSR count). The molecule has 6 heteroatoms. The van der Waals surface area contributed by atoms with Crippen molar-refractivity contribution in [1.29, 1.82) is 0 Å². The fraction of sp³-hybridized carbons (Fsp3) is 0.143. The summed E-state index contributed by atoms with van der Waals surface area (Å²) in [5.74, 6) is -0.612. The summed E-state index contributed by atoms with van der Waals surface area (Å²) in [6.45, 7) is 1.99. The van der Waals surface area contributed by atoms with E-state index in [-0.39, 0.29) is 16.4 Å². The second-order valence-corrected chi connectivity index (χ2v) is 5.06. The van der Waals surface area contributed by atoms with Crippen molar-refractivity contribution in [1.82, 2.24) is 4.98 Å². The lowest BCUT2D eigenvalue weighted by Crippen LogP contribution is -2.05. The van der Waals surface area contributed by atoms with Gasteiger partial charge < -0.3 is 10.8 Å². The molecule has 0 fully saturated rings. The van der Waals surface area contributed by atoms with Gasteiger partial charge in [0.05, 0.1) is 16.4 Å².